The van der Waals surface area contributed by atoms with Crippen molar-refractivity contribution in [3.8, 4) is 12.5 Å². The lowest BCUT2D eigenvalue weighted by atomic mass is 9.98. The zero-order valence-electron chi connectivity index (χ0n) is 22.9. The molecule has 3 amide bonds. The highest BCUT2D eigenvalue weighted by atomic mass is 16.6. The summed E-state index contributed by atoms with van der Waals surface area (Å²) in [5, 5.41) is 5.60. The van der Waals surface area contributed by atoms with E-state index in [-0.39, 0.29) is 6.42 Å². The molecule has 198 valence electrons. The van der Waals surface area contributed by atoms with Crippen LogP contribution >= 0.6 is 0 Å². The van der Waals surface area contributed by atoms with Gasteiger partial charge in [0.05, 0.1) is 0 Å². The van der Waals surface area contributed by atoms with Crippen molar-refractivity contribution in [2.24, 2.45) is 0 Å². The lowest BCUT2D eigenvalue weighted by molar-refractivity contribution is -0.139. The summed E-state index contributed by atoms with van der Waals surface area (Å²) in [6.07, 6.45) is 6.11. The van der Waals surface area contributed by atoms with E-state index in [0.29, 0.717) is 5.56 Å². The minimum atomic E-state index is -1.10. The molecule has 0 aliphatic heterocycles. The smallest absolute Gasteiger partial charge is 0.408 e. The van der Waals surface area contributed by atoms with Gasteiger partial charge >= 0.3 is 6.09 Å². The van der Waals surface area contributed by atoms with E-state index in [1.807, 2.05) is 70.2 Å². The number of hydrogen-bond acceptors (Lipinski definition) is 4. The molecule has 2 atom stereocenters. The maximum atomic E-state index is 13.9. The molecule has 0 heterocycles. The van der Waals surface area contributed by atoms with Crippen LogP contribution < -0.4 is 10.6 Å². The second-order valence-electron chi connectivity index (χ2n) is 11.0. The molecular formula is C30H39N3O4. The van der Waals surface area contributed by atoms with Crippen molar-refractivity contribution >= 4 is 17.9 Å². The standard InChI is InChI=1S/C30H39N3O4/c1-9-21-16-18-23(19-17-21)25(26(34)32-29(3,4)5)33(10-2)27(35)24(20-22-14-12-11-13-15-22)31-28(36)37-30(6,7)8/h2,11-19,24-25H,9,20H2,1,3-8H3,(H,31,36)(H,32,34). The number of terminal acetylenes is 1. The third-order valence-electron chi connectivity index (χ3n) is 5.36. The first-order valence-electron chi connectivity index (χ1n) is 12.5. The van der Waals surface area contributed by atoms with Gasteiger partial charge in [0.15, 0.2) is 0 Å². The van der Waals surface area contributed by atoms with Crippen LogP contribution in [0, 0.1) is 12.5 Å². The molecule has 0 fully saturated rings. The van der Waals surface area contributed by atoms with E-state index in [2.05, 4.69) is 16.7 Å². The summed E-state index contributed by atoms with van der Waals surface area (Å²) in [4.78, 5) is 41.2. The van der Waals surface area contributed by atoms with E-state index in [4.69, 9.17) is 11.2 Å². The molecule has 0 aromatic heterocycles. The number of nitrogens with zero attached hydrogens (tertiary/aromatic N) is 1. The van der Waals surface area contributed by atoms with Gasteiger partial charge < -0.3 is 15.4 Å². The Bertz CT molecular complexity index is 1110. The van der Waals surface area contributed by atoms with Crippen molar-refractivity contribution in [3.63, 3.8) is 0 Å². The monoisotopic (exact) mass is 505 g/mol. The lowest BCUT2D eigenvalue weighted by Crippen LogP contribution is -2.53. The fourth-order valence-corrected chi connectivity index (χ4v) is 3.72. The highest BCUT2D eigenvalue weighted by Gasteiger charge is 2.37. The van der Waals surface area contributed by atoms with Crippen molar-refractivity contribution in [1.29, 1.82) is 0 Å². The van der Waals surface area contributed by atoms with E-state index >= 15 is 0 Å². The number of benzene rings is 2. The van der Waals surface area contributed by atoms with Gasteiger partial charge in [-0.2, -0.15) is 0 Å². The summed E-state index contributed by atoms with van der Waals surface area (Å²) < 4.78 is 5.40. The van der Waals surface area contributed by atoms with Gasteiger partial charge in [0.2, 0.25) is 5.91 Å². The van der Waals surface area contributed by atoms with Crippen LogP contribution in [-0.2, 0) is 27.2 Å². The van der Waals surface area contributed by atoms with Crippen molar-refractivity contribution in [3.05, 3.63) is 71.3 Å². The fraction of sp³-hybridized carbons (Fsp3) is 0.433. The number of alkyl carbamates (subject to hydrolysis) is 1. The molecule has 7 nitrogen and oxygen atoms in total. The molecule has 0 saturated carbocycles. The number of hydrogen-bond donors (Lipinski definition) is 2. The van der Waals surface area contributed by atoms with Crippen molar-refractivity contribution in [2.75, 3.05) is 0 Å². The van der Waals surface area contributed by atoms with E-state index in [1.54, 1.807) is 32.9 Å². The highest BCUT2D eigenvalue weighted by molar-refractivity contribution is 5.93. The van der Waals surface area contributed by atoms with Crippen LogP contribution in [0.1, 0.15) is 71.2 Å². The minimum Gasteiger partial charge on any atom is -0.444 e. The second kappa shape index (κ2) is 12.4. The van der Waals surface area contributed by atoms with Crippen LogP contribution in [0.25, 0.3) is 0 Å². The summed E-state index contributed by atoms with van der Waals surface area (Å²) in [5.74, 6) is -1.01. The van der Waals surface area contributed by atoms with Crippen LogP contribution in [0.3, 0.4) is 0 Å². The molecule has 2 rings (SSSR count). The summed E-state index contributed by atoms with van der Waals surface area (Å²) in [7, 11) is 0. The Balaban J connectivity index is 2.50. The summed E-state index contributed by atoms with van der Waals surface area (Å²) in [6, 6.07) is 16.9. The molecule has 2 aromatic carbocycles. The van der Waals surface area contributed by atoms with Crippen molar-refractivity contribution in [1.82, 2.24) is 15.5 Å². The van der Waals surface area contributed by atoms with Crippen molar-refractivity contribution < 1.29 is 19.1 Å². The van der Waals surface area contributed by atoms with Crippen LogP contribution in [-0.4, -0.2) is 40.0 Å². The molecule has 0 spiro atoms. The largest absolute Gasteiger partial charge is 0.444 e. The van der Waals surface area contributed by atoms with Crippen LogP contribution in [0.5, 0.6) is 0 Å². The maximum absolute atomic E-state index is 13.9. The Morgan fingerprint density at radius 3 is 2.03 bits per heavy atom. The molecule has 2 unspecified atom stereocenters. The summed E-state index contributed by atoms with van der Waals surface area (Å²) in [5.41, 5.74) is 1.16. The third kappa shape index (κ3) is 9.30. The van der Waals surface area contributed by atoms with E-state index in [1.165, 1.54) is 0 Å². The van der Waals surface area contributed by atoms with Gasteiger partial charge in [-0.1, -0.05) is 67.9 Å². The van der Waals surface area contributed by atoms with Gasteiger partial charge in [-0.05, 0) is 64.7 Å². The van der Waals surface area contributed by atoms with Gasteiger partial charge in [-0.15, -0.1) is 0 Å². The molecule has 0 saturated heterocycles. The van der Waals surface area contributed by atoms with E-state index in [9.17, 15) is 14.4 Å². The van der Waals surface area contributed by atoms with Gasteiger partial charge in [0, 0.05) is 18.0 Å². The third-order valence-corrected chi connectivity index (χ3v) is 5.36. The molecule has 0 aliphatic rings. The van der Waals surface area contributed by atoms with Crippen LogP contribution in [0.4, 0.5) is 4.79 Å². The SMILES string of the molecule is C#CN(C(=O)C(Cc1ccccc1)NC(=O)OC(C)(C)C)C(C(=O)NC(C)(C)C)c1ccc(CC)cc1. The highest BCUT2D eigenvalue weighted by Crippen LogP contribution is 2.24. The van der Waals surface area contributed by atoms with Crippen LogP contribution in [0.2, 0.25) is 0 Å². The number of nitrogens with one attached hydrogen (secondary N) is 2. The summed E-state index contributed by atoms with van der Waals surface area (Å²) >= 11 is 0. The topological polar surface area (TPSA) is 87.7 Å². The predicted octanol–water partition coefficient (Wildman–Crippen LogP) is 4.76. The second-order valence-corrected chi connectivity index (χ2v) is 11.0. The number of ether oxygens (including phenoxy) is 1. The Morgan fingerprint density at radius 2 is 1.54 bits per heavy atom. The number of carbonyl (C=O) groups excluding carboxylic acids is 3. The van der Waals surface area contributed by atoms with E-state index in [0.717, 1.165) is 22.4 Å². The molecular weight excluding hydrogens is 466 g/mol. The normalized spacial score (nSPS) is 13.0. The number of amides is 3. The van der Waals surface area contributed by atoms with E-state index < -0.39 is 41.1 Å². The number of aryl methyl sites for hydroxylation is 1. The Labute approximate surface area is 221 Å². The Hall–Kier alpha value is -3.79. The quantitative estimate of drug-likeness (QED) is 0.400. The Kier molecular flexibility index (Phi) is 9.90. The van der Waals surface area contributed by atoms with Gasteiger partial charge in [0.25, 0.3) is 5.91 Å². The first kappa shape index (κ1) is 29.4. The predicted molar refractivity (Wildman–Crippen MR) is 145 cm³/mol. The van der Waals surface area contributed by atoms with Crippen molar-refractivity contribution in [2.45, 2.75) is 84.5 Å². The van der Waals surface area contributed by atoms with Gasteiger partial charge in [-0.25, -0.2) is 4.79 Å². The van der Waals surface area contributed by atoms with Gasteiger partial charge in [0.1, 0.15) is 17.7 Å². The zero-order chi connectivity index (χ0) is 27.8. The molecule has 2 N–H and O–H groups in total. The molecule has 0 radical (unpaired) electrons. The number of carbonyl (C=O) groups is 3. The number of rotatable bonds is 8. The maximum Gasteiger partial charge on any atom is 0.408 e. The first-order chi connectivity index (χ1) is 17.2. The molecule has 0 aliphatic carbocycles. The van der Waals surface area contributed by atoms with Crippen LogP contribution in [0.15, 0.2) is 54.6 Å². The van der Waals surface area contributed by atoms with Gasteiger partial charge in [-0.3, -0.25) is 14.5 Å². The summed E-state index contributed by atoms with van der Waals surface area (Å²) in [6.45, 7) is 12.8. The lowest BCUT2D eigenvalue weighted by Gasteiger charge is -2.32. The minimum absolute atomic E-state index is 0.166. The average molecular weight is 506 g/mol. The molecule has 7 heteroatoms. The Morgan fingerprint density at radius 1 is 0.946 bits per heavy atom. The molecule has 0 bridgehead atoms. The fourth-order valence-electron chi connectivity index (χ4n) is 3.72. The first-order valence-corrected chi connectivity index (χ1v) is 12.5. The zero-order valence-corrected chi connectivity index (χ0v) is 22.9. The molecule has 37 heavy (non-hydrogen) atoms. The average Bonchev–Trinajstić information content (AvgIpc) is 2.80. The molecule has 2 aromatic rings.